The fraction of sp³-hybridized carbons (Fsp3) is 0.333. The monoisotopic (exact) mass is 386 g/mol. The van der Waals surface area contributed by atoms with Crippen molar-refractivity contribution in [2.75, 3.05) is 38.2 Å². The maximum atomic E-state index is 12.5. The van der Waals surface area contributed by atoms with Gasteiger partial charge in [-0.05, 0) is 30.3 Å². The number of methoxy groups -OCH3 is 1. The van der Waals surface area contributed by atoms with Crippen molar-refractivity contribution in [1.29, 1.82) is 0 Å². The van der Waals surface area contributed by atoms with Crippen LogP contribution in [0.25, 0.3) is 0 Å². The Labute approximate surface area is 164 Å². The number of ketones is 1. The van der Waals surface area contributed by atoms with E-state index in [0.717, 1.165) is 18.8 Å². The van der Waals surface area contributed by atoms with E-state index in [-0.39, 0.29) is 24.5 Å². The van der Waals surface area contributed by atoms with Gasteiger partial charge in [-0.2, -0.15) is 0 Å². The Kier molecular flexibility index (Phi) is 6.35. The van der Waals surface area contributed by atoms with Crippen LogP contribution in [0.1, 0.15) is 23.2 Å². The third kappa shape index (κ3) is 4.80. The van der Waals surface area contributed by atoms with E-state index >= 15 is 0 Å². The Balaban J connectivity index is 1.50. The van der Waals surface area contributed by atoms with Crippen LogP contribution in [0.2, 0.25) is 5.02 Å². The van der Waals surface area contributed by atoms with Crippen molar-refractivity contribution in [1.82, 2.24) is 4.90 Å². The van der Waals surface area contributed by atoms with Crippen LogP contribution in [0, 0.1) is 0 Å². The van der Waals surface area contributed by atoms with E-state index in [1.165, 1.54) is 7.11 Å². The highest BCUT2D eigenvalue weighted by Gasteiger charge is 2.22. The summed E-state index contributed by atoms with van der Waals surface area (Å²) in [4.78, 5) is 28.9. The van der Waals surface area contributed by atoms with E-state index in [9.17, 15) is 9.59 Å². The van der Waals surface area contributed by atoms with Crippen molar-refractivity contribution in [3.05, 3.63) is 59.1 Å². The minimum atomic E-state index is -0.0710. The summed E-state index contributed by atoms with van der Waals surface area (Å²) < 4.78 is 5.22. The molecular weight excluding hydrogens is 364 g/mol. The Morgan fingerprint density at radius 1 is 1.00 bits per heavy atom. The minimum Gasteiger partial charge on any atom is -0.496 e. The Hall–Kier alpha value is -2.53. The summed E-state index contributed by atoms with van der Waals surface area (Å²) in [6.45, 7) is 2.81. The quantitative estimate of drug-likeness (QED) is 0.711. The molecule has 0 saturated carbocycles. The van der Waals surface area contributed by atoms with Gasteiger partial charge in [0.2, 0.25) is 5.91 Å². The minimum absolute atomic E-state index is 0.0176. The molecule has 5 nitrogen and oxygen atoms in total. The average molecular weight is 387 g/mol. The Morgan fingerprint density at radius 3 is 2.44 bits per heavy atom. The highest BCUT2D eigenvalue weighted by atomic mass is 35.5. The normalized spacial score (nSPS) is 14.1. The van der Waals surface area contributed by atoms with Crippen LogP contribution in [-0.2, 0) is 4.79 Å². The van der Waals surface area contributed by atoms with Gasteiger partial charge in [-0.15, -0.1) is 0 Å². The first-order valence-corrected chi connectivity index (χ1v) is 9.41. The number of benzene rings is 2. The van der Waals surface area contributed by atoms with E-state index in [1.54, 1.807) is 18.2 Å². The number of ether oxygens (including phenoxy) is 1. The maximum absolute atomic E-state index is 12.5. The van der Waals surface area contributed by atoms with Crippen molar-refractivity contribution in [2.45, 2.75) is 12.8 Å². The molecule has 1 heterocycles. The Morgan fingerprint density at radius 2 is 1.74 bits per heavy atom. The average Bonchev–Trinajstić information content (AvgIpc) is 2.71. The largest absolute Gasteiger partial charge is 0.496 e. The summed E-state index contributed by atoms with van der Waals surface area (Å²) in [7, 11) is 1.54. The predicted molar refractivity (Wildman–Crippen MR) is 107 cm³/mol. The number of amides is 1. The van der Waals surface area contributed by atoms with Gasteiger partial charge in [0.1, 0.15) is 5.75 Å². The van der Waals surface area contributed by atoms with Crippen LogP contribution in [0.3, 0.4) is 0 Å². The predicted octanol–water partition coefficient (Wildman–Crippen LogP) is 3.66. The van der Waals surface area contributed by atoms with Crippen LogP contribution in [0.15, 0.2) is 48.5 Å². The first-order chi connectivity index (χ1) is 13.1. The molecule has 0 aromatic heterocycles. The number of Topliss-reactive ketones (excluding diaryl/α,β-unsaturated/α-hetero) is 1. The molecular formula is C21H23ClN2O3. The molecule has 1 fully saturated rings. The molecule has 1 saturated heterocycles. The van der Waals surface area contributed by atoms with E-state index in [4.69, 9.17) is 16.3 Å². The molecule has 27 heavy (non-hydrogen) atoms. The zero-order chi connectivity index (χ0) is 19.2. The van der Waals surface area contributed by atoms with Crippen LogP contribution in [0.4, 0.5) is 5.69 Å². The molecule has 3 rings (SSSR count). The number of piperazine rings is 1. The number of para-hydroxylation sites is 1. The van der Waals surface area contributed by atoms with Gasteiger partial charge in [0.25, 0.3) is 0 Å². The molecule has 2 aromatic rings. The number of anilines is 1. The van der Waals surface area contributed by atoms with Crippen molar-refractivity contribution >= 4 is 29.0 Å². The second kappa shape index (κ2) is 8.91. The van der Waals surface area contributed by atoms with Gasteiger partial charge in [-0.1, -0.05) is 29.8 Å². The van der Waals surface area contributed by atoms with Gasteiger partial charge in [0.15, 0.2) is 5.78 Å². The molecule has 1 amide bonds. The van der Waals surface area contributed by atoms with E-state index in [2.05, 4.69) is 4.90 Å². The SMILES string of the molecule is COc1ccccc1C(=O)CCC(=O)N1CCN(c2cccc(Cl)c2)CC1. The fourth-order valence-corrected chi connectivity index (χ4v) is 3.46. The molecule has 0 N–H and O–H groups in total. The van der Waals surface area contributed by atoms with E-state index in [0.29, 0.717) is 29.4 Å². The smallest absolute Gasteiger partial charge is 0.223 e. The lowest BCUT2D eigenvalue weighted by atomic mass is 10.0. The van der Waals surface area contributed by atoms with Crippen molar-refractivity contribution in [3.63, 3.8) is 0 Å². The number of halogens is 1. The van der Waals surface area contributed by atoms with Gasteiger partial charge >= 0.3 is 0 Å². The molecule has 1 aliphatic heterocycles. The number of hydrogen-bond donors (Lipinski definition) is 0. The summed E-state index contributed by atoms with van der Waals surface area (Å²) in [6.07, 6.45) is 0.405. The molecule has 6 heteroatoms. The van der Waals surface area contributed by atoms with Gasteiger partial charge in [-0.25, -0.2) is 0 Å². The number of hydrogen-bond acceptors (Lipinski definition) is 4. The van der Waals surface area contributed by atoms with E-state index < -0.39 is 0 Å². The molecule has 0 bridgehead atoms. The van der Waals surface area contributed by atoms with Crippen LogP contribution < -0.4 is 9.64 Å². The zero-order valence-electron chi connectivity index (χ0n) is 15.4. The first kappa shape index (κ1) is 19.2. The molecule has 2 aromatic carbocycles. The Bertz CT molecular complexity index is 817. The van der Waals surface area contributed by atoms with Gasteiger partial charge in [-0.3, -0.25) is 9.59 Å². The standard InChI is InChI=1S/C21H23ClN2O3/c1-27-20-8-3-2-7-18(20)19(25)9-10-21(26)24-13-11-23(12-14-24)17-6-4-5-16(22)15-17/h2-8,15H,9-14H2,1H3. The maximum Gasteiger partial charge on any atom is 0.223 e. The zero-order valence-corrected chi connectivity index (χ0v) is 16.1. The second-order valence-corrected chi connectivity index (χ2v) is 6.91. The summed E-state index contributed by atoms with van der Waals surface area (Å²) in [5, 5.41) is 0.709. The fourth-order valence-electron chi connectivity index (χ4n) is 3.28. The topological polar surface area (TPSA) is 49.9 Å². The summed E-state index contributed by atoms with van der Waals surface area (Å²) in [5.74, 6) is 0.493. The lowest BCUT2D eigenvalue weighted by Crippen LogP contribution is -2.48. The van der Waals surface area contributed by atoms with Gasteiger partial charge in [0, 0.05) is 49.7 Å². The highest BCUT2D eigenvalue weighted by Crippen LogP contribution is 2.22. The lowest BCUT2D eigenvalue weighted by molar-refractivity contribution is -0.131. The summed E-state index contributed by atoms with van der Waals surface area (Å²) in [6, 6.07) is 14.8. The van der Waals surface area contributed by atoms with Crippen LogP contribution >= 0.6 is 11.6 Å². The van der Waals surface area contributed by atoms with Gasteiger partial charge < -0.3 is 14.5 Å². The van der Waals surface area contributed by atoms with Crippen molar-refractivity contribution < 1.29 is 14.3 Å². The second-order valence-electron chi connectivity index (χ2n) is 6.47. The number of carbonyl (C=O) groups excluding carboxylic acids is 2. The molecule has 1 aliphatic rings. The molecule has 0 atom stereocenters. The number of carbonyl (C=O) groups is 2. The van der Waals surface area contributed by atoms with Crippen molar-refractivity contribution in [3.8, 4) is 5.75 Å². The lowest BCUT2D eigenvalue weighted by Gasteiger charge is -2.36. The van der Waals surface area contributed by atoms with Crippen LogP contribution in [-0.4, -0.2) is 49.9 Å². The summed E-state index contributed by atoms with van der Waals surface area (Å²) in [5.41, 5.74) is 1.60. The molecule has 0 unspecified atom stereocenters. The number of nitrogens with zero attached hydrogens (tertiary/aromatic N) is 2. The number of rotatable bonds is 6. The third-order valence-electron chi connectivity index (χ3n) is 4.78. The first-order valence-electron chi connectivity index (χ1n) is 9.03. The molecule has 0 radical (unpaired) electrons. The third-order valence-corrected chi connectivity index (χ3v) is 5.01. The molecule has 0 aliphatic carbocycles. The summed E-state index contributed by atoms with van der Waals surface area (Å²) >= 11 is 6.05. The molecule has 142 valence electrons. The highest BCUT2D eigenvalue weighted by molar-refractivity contribution is 6.30. The molecule has 0 spiro atoms. The van der Waals surface area contributed by atoms with Gasteiger partial charge in [0.05, 0.1) is 12.7 Å². The van der Waals surface area contributed by atoms with Crippen molar-refractivity contribution in [2.24, 2.45) is 0 Å². The van der Waals surface area contributed by atoms with Crippen LogP contribution in [0.5, 0.6) is 5.75 Å². The van der Waals surface area contributed by atoms with E-state index in [1.807, 2.05) is 35.2 Å².